The van der Waals surface area contributed by atoms with Crippen LogP contribution in [0, 0.1) is 6.92 Å². The number of aromatic nitrogens is 3. The van der Waals surface area contributed by atoms with E-state index in [1.807, 2.05) is 60.0 Å². The molecule has 1 N–H and O–H groups in total. The zero-order valence-electron chi connectivity index (χ0n) is 16.8. The zero-order valence-corrected chi connectivity index (χ0v) is 19.9. The SMILES string of the molecule is Cc1cccc(-c2nnc(SCC(=O)Nc3c(Cl)cc(Cl)cc3Cl)n2-c2ccccc2)c1. The number of carbonyl (C=O) groups excluding carboxylic acids is 1. The van der Waals surface area contributed by atoms with E-state index in [0.717, 1.165) is 16.8 Å². The lowest BCUT2D eigenvalue weighted by Crippen LogP contribution is -2.15. The lowest BCUT2D eigenvalue weighted by atomic mass is 10.1. The Kier molecular flexibility index (Phi) is 7.06. The fourth-order valence-corrected chi connectivity index (χ4v) is 4.77. The maximum Gasteiger partial charge on any atom is 0.234 e. The molecule has 32 heavy (non-hydrogen) atoms. The number of nitrogens with one attached hydrogen (secondary N) is 1. The average Bonchev–Trinajstić information content (AvgIpc) is 3.19. The van der Waals surface area contributed by atoms with Crippen LogP contribution in [-0.2, 0) is 4.79 Å². The molecule has 0 radical (unpaired) electrons. The summed E-state index contributed by atoms with van der Waals surface area (Å²) in [7, 11) is 0. The summed E-state index contributed by atoms with van der Waals surface area (Å²) < 4.78 is 1.94. The summed E-state index contributed by atoms with van der Waals surface area (Å²) in [5.74, 6) is 0.515. The van der Waals surface area contributed by atoms with Crippen molar-refractivity contribution in [3.8, 4) is 17.1 Å². The number of halogens is 3. The van der Waals surface area contributed by atoms with Gasteiger partial charge in [0.15, 0.2) is 11.0 Å². The van der Waals surface area contributed by atoms with Crippen LogP contribution in [-0.4, -0.2) is 26.4 Å². The van der Waals surface area contributed by atoms with Gasteiger partial charge in [-0.1, -0.05) is 88.5 Å². The van der Waals surface area contributed by atoms with E-state index in [4.69, 9.17) is 34.8 Å². The third-order valence-electron chi connectivity index (χ3n) is 4.53. The van der Waals surface area contributed by atoms with Crippen molar-refractivity contribution in [3.05, 3.63) is 87.4 Å². The molecule has 4 aromatic rings. The molecule has 162 valence electrons. The Morgan fingerprint density at radius 1 is 0.969 bits per heavy atom. The minimum absolute atomic E-state index is 0.0913. The number of hydrogen-bond acceptors (Lipinski definition) is 4. The van der Waals surface area contributed by atoms with Gasteiger partial charge in [-0.15, -0.1) is 10.2 Å². The largest absolute Gasteiger partial charge is 0.323 e. The van der Waals surface area contributed by atoms with Gasteiger partial charge >= 0.3 is 0 Å². The smallest absolute Gasteiger partial charge is 0.234 e. The van der Waals surface area contributed by atoms with E-state index in [-0.39, 0.29) is 21.7 Å². The van der Waals surface area contributed by atoms with Gasteiger partial charge in [0.25, 0.3) is 0 Å². The standard InChI is InChI=1S/C23H17Cl3N4OS/c1-14-6-5-7-15(10-14)22-28-29-23(30(22)17-8-3-2-4-9-17)32-13-20(31)27-21-18(25)11-16(24)12-19(21)26/h2-12H,13H2,1H3,(H,27,31). The van der Waals surface area contributed by atoms with E-state index in [1.165, 1.54) is 23.9 Å². The van der Waals surface area contributed by atoms with Gasteiger partial charge in [-0.25, -0.2) is 0 Å². The lowest BCUT2D eigenvalue weighted by Gasteiger charge is -2.12. The number of thioether (sulfide) groups is 1. The fourth-order valence-electron chi connectivity index (χ4n) is 3.11. The first-order valence-corrected chi connectivity index (χ1v) is 11.7. The molecule has 0 bridgehead atoms. The number of aryl methyl sites for hydroxylation is 1. The molecule has 0 atom stereocenters. The van der Waals surface area contributed by atoms with Crippen LogP contribution in [0.4, 0.5) is 5.69 Å². The first-order valence-electron chi connectivity index (χ1n) is 9.57. The molecule has 0 aliphatic rings. The van der Waals surface area contributed by atoms with E-state index in [0.29, 0.717) is 21.7 Å². The number of nitrogens with zero attached hydrogens (tertiary/aromatic N) is 3. The van der Waals surface area contributed by atoms with Crippen LogP contribution < -0.4 is 5.32 Å². The molecule has 9 heteroatoms. The maximum absolute atomic E-state index is 12.6. The molecule has 0 aliphatic heterocycles. The summed E-state index contributed by atoms with van der Waals surface area (Å²) in [6.45, 7) is 2.03. The van der Waals surface area contributed by atoms with Crippen molar-refractivity contribution in [2.45, 2.75) is 12.1 Å². The van der Waals surface area contributed by atoms with Crippen molar-refractivity contribution >= 4 is 58.2 Å². The maximum atomic E-state index is 12.6. The van der Waals surface area contributed by atoms with Crippen molar-refractivity contribution in [1.29, 1.82) is 0 Å². The van der Waals surface area contributed by atoms with Gasteiger partial charge in [0.1, 0.15) is 0 Å². The second-order valence-corrected chi connectivity index (χ2v) is 9.12. The predicted octanol–water partition coefficient (Wildman–Crippen LogP) is 6.93. The molecule has 1 amide bonds. The lowest BCUT2D eigenvalue weighted by molar-refractivity contribution is -0.113. The number of rotatable bonds is 6. The molecule has 5 nitrogen and oxygen atoms in total. The number of benzene rings is 3. The summed E-state index contributed by atoms with van der Waals surface area (Å²) in [6, 6.07) is 20.9. The Morgan fingerprint density at radius 2 is 1.69 bits per heavy atom. The summed E-state index contributed by atoms with van der Waals surface area (Å²) in [6.07, 6.45) is 0. The topological polar surface area (TPSA) is 59.8 Å². The molecule has 0 unspecified atom stereocenters. The van der Waals surface area contributed by atoms with Gasteiger partial charge in [0, 0.05) is 16.3 Å². The van der Waals surface area contributed by atoms with E-state index in [2.05, 4.69) is 21.6 Å². The van der Waals surface area contributed by atoms with Crippen LogP contribution in [0.2, 0.25) is 15.1 Å². The molecular formula is C23H17Cl3N4OS. The minimum Gasteiger partial charge on any atom is -0.323 e. The molecule has 0 saturated heterocycles. The van der Waals surface area contributed by atoms with E-state index < -0.39 is 0 Å². The second kappa shape index (κ2) is 9.96. The van der Waals surface area contributed by atoms with Crippen LogP contribution in [0.1, 0.15) is 5.56 Å². The highest BCUT2D eigenvalue weighted by molar-refractivity contribution is 7.99. The van der Waals surface area contributed by atoms with E-state index >= 15 is 0 Å². The van der Waals surface area contributed by atoms with Gasteiger partial charge in [-0.05, 0) is 37.3 Å². The van der Waals surface area contributed by atoms with Crippen LogP contribution in [0.15, 0.2) is 71.9 Å². The Hall–Kier alpha value is -2.51. The fraction of sp³-hybridized carbons (Fsp3) is 0.0870. The number of hydrogen-bond donors (Lipinski definition) is 1. The highest BCUT2D eigenvalue weighted by atomic mass is 35.5. The Bertz CT molecular complexity index is 1250. The van der Waals surface area contributed by atoms with Gasteiger partial charge < -0.3 is 5.32 Å². The number of carbonyl (C=O) groups is 1. The minimum atomic E-state index is -0.277. The normalized spacial score (nSPS) is 10.9. The van der Waals surface area contributed by atoms with Crippen molar-refractivity contribution in [1.82, 2.24) is 14.8 Å². The molecular weight excluding hydrogens is 487 g/mol. The van der Waals surface area contributed by atoms with Crippen LogP contribution >= 0.6 is 46.6 Å². The number of anilines is 1. The zero-order chi connectivity index (χ0) is 22.7. The van der Waals surface area contributed by atoms with Crippen LogP contribution in [0.25, 0.3) is 17.1 Å². The Morgan fingerprint density at radius 3 is 2.38 bits per heavy atom. The van der Waals surface area contributed by atoms with Gasteiger partial charge in [0.2, 0.25) is 5.91 Å². The summed E-state index contributed by atoms with van der Waals surface area (Å²) in [5.41, 5.74) is 3.29. The summed E-state index contributed by atoms with van der Waals surface area (Å²) >= 11 is 19.5. The predicted molar refractivity (Wildman–Crippen MR) is 132 cm³/mol. The first-order chi connectivity index (χ1) is 15.4. The summed E-state index contributed by atoms with van der Waals surface area (Å²) in [4.78, 5) is 12.6. The van der Waals surface area contributed by atoms with E-state index in [9.17, 15) is 4.79 Å². The average molecular weight is 504 g/mol. The molecule has 0 saturated carbocycles. The van der Waals surface area contributed by atoms with Gasteiger partial charge in [-0.2, -0.15) is 0 Å². The molecule has 1 aromatic heterocycles. The van der Waals surface area contributed by atoms with Gasteiger partial charge in [0.05, 0.1) is 21.5 Å². The molecule has 0 aliphatic carbocycles. The third-order valence-corrected chi connectivity index (χ3v) is 6.27. The van der Waals surface area contributed by atoms with Gasteiger partial charge in [-0.3, -0.25) is 9.36 Å². The Balaban J connectivity index is 1.60. The molecule has 4 rings (SSSR count). The number of amides is 1. The monoisotopic (exact) mass is 502 g/mol. The van der Waals surface area contributed by atoms with E-state index in [1.54, 1.807) is 0 Å². The first kappa shape index (κ1) is 22.7. The van der Waals surface area contributed by atoms with Crippen molar-refractivity contribution in [3.63, 3.8) is 0 Å². The van der Waals surface area contributed by atoms with Crippen LogP contribution in [0.3, 0.4) is 0 Å². The highest BCUT2D eigenvalue weighted by Crippen LogP contribution is 2.34. The molecule has 0 spiro atoms. The third kappa shape index (κ3) is 5.10. The van der Waals surface area contributed by atoms with Crippen molar-refractivity contribution < 1.29 is 4.79 Å². The molecule has 3 aromatic carbocycles. The molecule has 1 heterocycles. The highest BCUT2D eigenvalue weighted by Gasteiger charge is 2.18. The van der Waals surface area contributed by atoms with Crippen molar-refractivity contribution in [2.75, 3.05) is 11.1 Å². The summed E-state index contributed by atoms with van der Waals surface area (Å²) in [5, 5.41) is 13.0. The van der Waals surface area contributed by atoms with Crippen molar-refractivity contribution in [2.24, 2.45) is 0 Å². The quantitative estimate of drug-likeness (QED) is 0.290. The van der Waals surface area contributed by atoms with Crippen LogP contribution in [0.5, 0.6) is 0 Å². The second-order valence-electron chi connectivity index (χ2n) is 6.93. The Labute approximate surface area is 204 Å². The molecule has 0 fully saturated rings. The number of para-hydroxylation sites is 1.